The van der Waals surface area contributed by atoms with Crippen LogP contribution in [0.5, 0.6) is 0 Å². The highest BCUT2D eigenvalue weighted by Gasteiger charge is 2.17. The third-order valence-corrected chi connectivity index (χ3v) is 3.76. The molecule has 6 N–H and O–H groups in total. The minimum atomic E-state index is -0.477. The van der Waals surface area contributed by atoms with E-state index in [9.17, 15) is 4.39 Å². The van der Waals surface area contributed by atoms with Crippen molar-refractivity contribution in [3.05, 3.63) is 34.1 Å². The van der Waals surface area contributed by atoms with Crippen molar-refractivity contribution >= 4 is 27.7 Å². The number of benzene rings is 1. The molecule has 1 rings (SSSR count). The van der Waals surface area contributed by atoms with Gasteiger partial charge in [-0.05, 0) is 37.6 Å². The summed E-state index contributed by atoms with van der Waals surface area (Å²) in [6, 6.07) is 7.02. The Morgan fingerprint density at radius 1 is 1.29 bits per heavy atom. The highest BCUT2D eigenvalue weighted by molar-refractivity contribution is 9.10. The Hall–Kier alpha value is -0.690. The van der Waals surface area contributed by atoms with E-state index >= 15 is 0 Å². The minimum Gasteiger partial charge on any atom is -0.395 e. The molecular weight excluding hydrogens is 397 g/mol. The largest absolute Gasteiger partial charge is 0.395 e. The summed E-state index contributed by atoms with van der Waals surface area (Å²) in [5.41, 5.74) is 9.80. The fourth-order valence-electron chi connectivity index (χ4n) is 0.944. The van der Waals surface area contributed by atoms with Crippen LogP contribution in [0.1, 0.15) is 33.3 Å². The molecule has 140 valence electrons. The van der Waals surface area contributed by atoms with E-state index in [2.05, 4.69) is 27.7 Å². The van der Waals surface area contributed by atoms with Crippen molar-refractivity contribution < 1.29 is 14.6 Å². The molecule has 0 heterocycles. The van der Waals surface area contributed by atoms with Crippen LogP contribution in [0, 0.1) is 17.1 Å². The summed E-state index contributed by atoms with van der Waals surface area (Å²) in [5.74, 6) is 0.283. The SMILES string of the molecule is CC.CC(C)(C#N)SCc1cc(Br)ccc1F.NCCO.NCO. The fourth-order valence-corrected chi connectivity index (χ4v) is 2.15. The lowest BCUT2D eigenvalue weighted by atomic mass is 10.2. The molecule has 24 heavy (non-hydrogen) atoms. The zero-order valence-corrected chi connectivity index (χ0v) is 17.1. The Labute approximate surface area is 157 Å². The van der Waals surface area contributed by atoms with Crippen LogP contribution in [0.2, 0.25) is 0 Å². The number of halogens is 2. The molecular formula is C16H29BrFN3O2S. The first-order valence-corrected chi connectivity index (χ1v) is 9.16. The highest BCUT2D eigenvalue weighted by Crippen LogP contribution is 2.29. The van der Waals surface area contributed by atoms with Crippen molar-refractivity contribution in [2.24, 2.45) is 11.5 Å². The van der Waals surface area contributed by atoms with E-state index < -0.39 is 4.75 Å². The Morgan fingerprint density at radius 3 is 2.12 bits per heavy atom. The van der Waals surface area contributed by atoms with Crippen molar-refractivity contribution in [2.75, 3.05) is 19.9 Å². The van der Waals surface area contributed by atoms with Gasteiger partial charge in [-0.15, -0.1) is 11.8 Å². The molecule has 0 spiro atoms. The molecule has 0 amide bonds. The van der Waals surface area contributed by atoms with E-state index in [1.807, 2.05) is 27.7 Å². The van der Waals surface area contributed by atoms with Crippen LogP contribution in [0.3, 0.4) is 0 Å². The average Bonchev–Trinajstić information content (AvgIpc) is 2.58. The maximum atomic E-state index is 13.3. The van der Waals surface area contributed by atoms with E-state index in [4.69, 9.17) is 21.2 Å². The summed E-state index contributed by atoms with van der Waals surface area (Å²) in [4.78, 5) is 0. The molecule has 0 bridgehead atoms. The van der Waals surface area contributed by atoms with Gasteiger partial charge in [0.15, 0.2) is 0 Å². The van der Waals surface area contributed by atoms with Gasteiger partial charge in [-0.25, -0.2) is 4.39 Å². The zero-order valence-electron chi connectivity index (χ0n) is 14.7. The van der Waals surface area contributed by atoms with Crippen LogP contribution in [-0.2, 0) is 5.75 Å². The number of hydrogen-bond acceptors (Lipinski definition) is 6. The Morgan fingerprint density at radius 2 is 1.75 bits per heavy atom. The molecule has 0 fully saturated rings. The van der Waals surface area contributed by atoms with Crippen LogP contribution in [0.15, 0.2) is 22.7 Å². The molecule has 0 aliphatic carbocycles. The van der Waals surface area contributed by atoms with Crippen LogP contribution >= 0.6 is 27.7 Å². The summed E-state index contributed by atoms with van der Waals surface area (Å²) in [7, 11) is 0. The lowest BCUT2D eigenvalue weighted by Crippen LogP contribution is -2.11. The monoisotopic (exact) mass is 425 g/mol. The Balaban J connectivity index is -0.000000411. The van der Waals surface area contributed by atoms with Crippen molar-refractivity contribution in [3.63, 3.8) is 0 Å². The molecule has 0 atom stereocenters. The smallest absolute Gasteiger partial charge is 0.127 e. The highest BCUT2D eigenvalue weighted by atomic mass is 79.9. The topological polar surface area (TPSA) is 116 Å². The molecule has 0 saturated carbocycles. The lowest BCUT2D eigenvalue weighted by Gasteiger charge is -2.14. The van der Waals surface area contributed by atoms with Gasteiger partial charge < -0.3 is 21.7 Å². The van der Waals surface area contributed by atoms with Gasteiger partial charge in [0.25, 0.3) is 0 Å². The van der Waals surface area contributed by atoms with Crippen molar-refractivity contribution in [1.82, 2.24) is 0 Å². The normalized spacial score (nSPS) is 9.21. The second-order valence-electron chi connectivity index (χ2n) is 4.34. The predicted octanol–water partition coefficient (Wildman–Crippen LogP) is 2.98. The Kier molecular flexibility index (Phi) is 21.9. The van der Waals surface area contributed by atoms with E-state index in [0.29, 0.717) is 17.9 Å². The van der Waals surface area contributed by atoms with E-state index in [1.54, 1.807) is 12.1 Å². The summed E-state index contributed by atoms with van der Waals surface area (Å²) >= 11 is 4.73. The maximum absolute atomic E-state index is 13.3. The summed E-state index contributed by atoms with van der Waals surface area (Å²) in [5, 5.41) is 23.9. The first kappa shape index (κ1) is 28.1. The molecule has 0 aromatic heterocycles. The fraction of sp³-hybridized carbons (Fsp3) is 0.562. The van der Waals surface area contributed by atoms with Gasteiger partial charge in [0.05, 0.1) is 24.2 Å². The van der Waals surface area contributed by atoms with Gasteiger partial charge in [-0.3, -0.25) is 0 Å². The molecule has 5 nitrogen and oxygen atoms in total. The van der Waals surface area contributed by atoms with Gasteiger partial charge in [-0.2, -0.15) is 5.26 Å². The summed E-state index contributed by atoms with van der Waals surface area (Å²) < 4.78 is 13.7. The molecule has 0 saturated heterocycles. The number of nitrogens with zero attached hydrogens (tertiary/aromatic N) is 1. The number of aliphatic hydroxyl groups excluding tert-OH is 2. The molecule has 0 unspecified atom stereocenters. The molecule has 1 aromatic carbocycles. The number of hydrogen-bond donors (Lipinski definition) is 4. The Bertz CT molecular complexity index is 455. The second kappa shape index (κ2) is 18.6. The molecule has 0 aliphatic heterocycles. The van der Waals surface area contributed by atoms with Gasteiger partial charge in [0, 0.05) is 16.8 Å². The third-order valence-electron chi connectivity index (χ3n) is 1.99. The van der Waals surface area contributed by atoms with E-state index in [1.165, 1.54) is 17.8 Å². The van der Waals surface area contributed by atoms with Crippen molar-refractivity contribution in [1.29, 1.82) is 5.26 Å². The number of nitriles is 1. The van der Waals surface area contributed by atoms with Crippen LogP contribution in [-0.4, -0.2) is 34.8 Å². The predicted molar refractivity (Wildman–Crippen MR) is 104 cm³/mol. The van der Waals surface area contributed by atoms with Gasteiger partial charge in [0.1, 0.15) is 5.82 Å². The number of nitrogens with two attached hydrogens (primary N) is 2. The van der Waals surface area contributed by atoms with Crippen molar-refractivity contribution in [3.8, 4) is 6.07 Å². The standard InChI is InChI=1S/C11H11BrFNS.C2H7NO.C2H6.CH5NO/c1-11(2,7-14)15-6-8-5-9(12)3-4-10(8)13;3-1-2-4;1-2;2-1-3/h3-5H,6H2,1-2H3;4H,1-3H2;1-2H3;3H,1-2H2. The van der Waals surface area contributed by atoms with Crippen LogP contribution in [0.4, 0.5) is 4.39 Å². The van der Waals surface area contributed by atoms with Gasteiger partial charge in [0.2, 0.25) is 0 Å². The van der Waals surface area contributed by atoms with Gasteiger partial charge in [-0.1, -0.05) is 29.8 Å². The van der Waals surface area contributed by atoms with Crippen LogP contribution < -0.4 is 11.5 Å². The molecule has 0 radical (unpaired) electrons. The first-order chi connectivity index (χ1) is 11.3. The number of thioether (sulfide) groups is 1. The minimum absolute atomic E-state index is 0.0972. The first-order valence-electron chi connectivity index (χ1n) is 7.38. The van der Waals surface area contributed by atoms with E-state index in [-0.39, 0.29) is 19.2 Å². The van der Waals surface area contributed by atoms with Crippen LogP contribution in [0.25, 0.3) is 0 Å². The average molecular weight is 426 g/mol. The maximum Gasteiger partial charge on any atom is 0.127 e. The zero-order chi connectivity index (χ0) is 19.6. The lowest BCUT2D eigenvalue weighted by molar-refractivity contribution is 0.306. The quantitative estimate of drug-likeness (QED) is 0.550. The number of aliphatic hydroxyl groups is 2. The third kappa shape index (κ3) is 17.7. The van der Waals surface area contributed by atoms with E-state index in [0.717, 1.165) is 4.47 Å². The number of rotatable bonds is 4. The molecule has 1 aromatic rings. The second-order valence-corrected chi connectivity index (χ2v) is 6.86. The van der Waals surface area contributed by atoms with Gasteiger partial charge >= 0.3 is 0 Å². The van der Waals surface area contributed by atoms with Crippen molar-refractivity contribution in [2.45, 2.75) is 38.2 Å². The summed E-state index contributed by atoms with van der Waals surface area (Å²) in [6.45, 7) is 7.88. The molecule has 0 aliphatic rings. The summed E-state index contributed by atoms with van der Waals surface area (Å²) in [6.07, 6.45) is 0. The molecule has 8 heteroatoms.